The summed E-state index contributed by atoms with van der Waals surface area (Å²) in [7, 11) is 2.16. The van der Waals surface area contributed by atoms with Crippen LogP contribution in [0.15, 0.2) is 18.2 Å². The molecule has 2 atom stereocenters. The van der Waals surface area contributed by atoms with Gasteiger partial charge >= 0.3 is 0 Å². The van der Waals surface area contributed by atoms with Crippen LogP contribution in [0.3, 0.4) is 0 Å². The first kappa shape index (κ1) is 16.4. The number of likely N-dealkylation sites (tertiary alicyclic amines) is 1. The summed E-state index contributed by atoms with van der Waals surface area (Å²) in [6.07, 6.45) is 1.71. The van der Waals surface area contributed by atoms with Crippen molar-refractivity contribution in [3.63, 3.8) is 0 Å². The molecule has 2 aliphatic heterocycles. The van der Waals surface area contributed by atoms with Crippen LogP contribution in [-0.4, -0.2) is 61.8 Å². The lowest BCUT2D eigenvalue weighted by Crippen LogP contribution is -2.49. The van der Waals surface area contributed by atoms with E-state index in [9.17, 15) is 4.79 Å². The third-order valence-corrected chi connectivity index (χ3v) is 5.01. The van der Waals surface area contributed by atoms with Gasteiger partial charge < -0.3 is 20.2 Å². The van der Waals surface area contributed by atoms with Gasteiger partial charge in [-0.15, -0.1) is 0 Å². The third kappa shape index (κ3) is 3.27. The Hall–Kier alpha value is -1.43. The Kier molecular flexibility index (Phi) is 4.99. The molecule has 1 saturated heterocycles. The van der Waals surface area contributed by atoms with Gasteiger partial charge in [-0.1, -0.05) is 17.7 Å². The summed E-state index contributed by atoms with van der Waals surface area (Å²) in [5, 5.41) is 12.0. The molecule has 3 rings (SSSR count). The summed E-state index contributed by atoms with van der Waals surface area (Å²) in [5.41, 5.74) is 3.67. The number of rotatable bonds is 5. The zero-order valence-corrected chi connectivity index (χ0v) is 14.1. The van der Waals surface area contributed by atoms with Crippen molar-refractivity contribution >= 4 is 11.6 Å². The Balaban J connectivity index is 1.81. The predicted molar refractivity (Wildman–Crippen MR) is 91.9 cm³/mol. The molecule has 1 amide bonds. The summed E-state index contributed by atoms with van der Waals surface area (Å²) < 4.78 is 0. The van der Waals surface area contributed by atoms with Crippen LogP contribution in [0.1, 0.15) is 29.9 Å². The number of carbonyl (C=O) groups is 1. The second-order valence-electron chi connectivity index (χ2n) is 6.80. The normalized spacial score (nSPS) is 23.7. The fourth-order valence-corrected chi connectivity index (χ4v) is 3.89. The van der Waals surface area contributed by atoms with E-state index in [-0.39, 0.29) is 18.6 Å². The first-order valence-electron chi connectivity index (χ1n) is 8.54. The summed E-state index contributed by atoms with van der Waals surface area (Å²) in [5.74, 6) is 0.565. The highest BCUT2D eigenvalue weighted by molar-refractivity contribution is 5.98. The van der Waals surface area contributed by atoms with E-state index in [4.69, 9.17) is 5.11 Å². The van der Waals surface area contributed by atoms with Gasteiger partial charge in [0.05, 0.1) is 6.54 Å². The minimum absolute atomic E-state index is 0.144. The van der Waals surface area contributed by atoms with Crippen molar-refractivity contribution in [1.82, 2.24) is 10.2 Å². The third-order valence-electron chi connectivity index (χ3n) is 5.01. The maximum absolute atomic E-state index is 12.8. The van der Waals surface area contributed by atoms with Crippen molar-refractivity contribution < 1.29 is 9.90 Å². The lowest BCUT2D eigenvalue weighted by Gasteiger charge is -2.36. The largest absolute Gasteiger partial charge is 0.396 e. The van der Waals surface area contributed by atoms with E-state index >= 15 is 0 Å². The highest BCUT2D eigenvalue weighted by Crippen LogP contribution is 2.44. The van der Waals surface area contributed by atoms with Gasteiger partial charge in [0.1, 0.15) is 0 Å². The number of likely N-dealkylation sites (N-methyl/N-ethyl adjacent to an activating group) is 1. The number of nitrogens with zero attached hydrogens (tertiary/aromatic N) is 2. The van der Waals surface area contributed by atoms with Gasteiger partial charge in [0, 0.05) is 30.8 Å². The van der Waals surface area contributed by atoms with Gasteiger partial charge in [-0.3, -0.25) is 4.79 Å². The second kappa shape index (κ2) is 6.99. The van der Waals surface area contributed by atoms with E-state index < -0.39 is 0 Å². The predicted octanol–water partition coefficient (Wildman–Crippen LogP) is 1.10. The number of hydrogen-bond donors (Lipinski definition) is 2. The zero-order valence-electron chi connectivity index (χ0n) is 14.1. The van der Waals surface area contributed by atoms with Crippen molar-refractivity contribution in [2.24, 2.45) is 0 Å². The van der Waals surface area contributed by atoms with Gasteiger partial charge in [0.2, 0.25) is 5.91 Å². The molecule has 0 bridgehead atoms. The quantitative estimate of drug-likeness (QED) is 0.799. The maximum atomic E-state index is 12.8. The zero-order chi connectivity index (χ0) is 16.4. The number of carbonyl (C=O) groups excluding carboxylic acids is 1. The van der Waals surface area contributed by atoms with Crippen molar-refractivity contribution in [1.29, 1.82) is 0 Å². The molecule has 2 N–H and O–H groups in total. The Morgan fingerprint density at radius 1 is 1.43 bits per heavy atom. The number of piperidine rings is 1. The number of benzene rings is 1. The molecule has 2 aliphatic rings. The van der Waals surface area contributed by atoms with Crippen LogP contribution >= 0.6 is 0 Å². The molecule has 0 saturated carbocycles. The van der Waals surface area contributed by atoms with E-state index in [1.807, 2.05) is 4.90 Å². The van der Waals surface area contributed by atoms with Crippen LogP contribution in [-0.2, 0) is 4.79 Å². The molecule has 0 aliphatic carbocycles. The topological polar surface area (TPSA) is 55.8 Å². The smallest absolute Gasteiger partial charge is 0.241 e. The lowest BCUT2D eigenvalue weighted by atomic mass is 9.89. The van der Waals surface area contributed by atoms with Gasteiger partial charge in [0.15, 0.2) is 0 Å². The molecule has 5 nitrogen and oxygen atoms in total. The first-order chi connectivity index (χ1) is 11.1. The van der Waals surface area contributed by atoms with Crippen LogP contribution in [0.4, 0.5) is 5.69 Å². The summed E-state index contributed by atoms with van der Waals surface area (Å²) in [4.78, 5) is 17.2. The van der Waals surface area contributed by atoms with E-state index in [1.54, 1.807) is 0 Å². The molecule has 1 aromatic carbocycles. The van der Waals surface area contributed by atoms with Crippen LogP contribution in [0.25, 0.3) is 0 Å². The number of anilines is 1. The summed E-state index contributed by atoms with van der Waals surface area (Å²) in [6.45, 7) is 5.34. The standard InChI is InChI=1S/C18H27N3O2/c1-13-4-5-16-14(10-13)15-12-20(2)8-6-17(15)21(16)18(23)11-19-7-3-9-22/h4-5,10,15,17,19,22H,3,6-9,11-12H2,1-2H3/t15-,17-/m0/s1. The summed E-state index contributed by atoms with van der Waals surface area (Å²) in [6, 6.07) is 6.74. The molecule has 0 radical (unpaired) electrons. The van der Waals surface area contributed by atoms with Crippen molar-refractivity contribution in [2.75, 3.05) is 44.7 Å². The molecule has 23 heavy (non-hydrogen) atoms. The van der Waals surface area contributed by atoms with Crippen molar-refractivity contribution in [3.05, 3.63) is 29.3 Å². The molecule has 0 spiro atoms. The maximum Gasteiger partial charge on any atom is 0.241 e. The number of aliphatic hydroxyl groups is 1. The Labute approximate surface area is 138 Å². The molecular weight excluding hydrogens is 290 g/mol. The Morgan fingerprint density at radius 2 is 2.26 bits per heavy atom. The highest BCUT2D eigenvalue weighted by Gasteiger charge is 2.43. The lowest BCUT2D eigenvalue weighted by molar-refractivity contribution is -0.118. The Bertz CT molecular complexity index is 575. The molecular formula is C18H27N3O2. The van der Waals surface area contributed by atoms with Crippen molar-refractivity contribution in [3.8, 4) is 0 Å². The Morgan fingerprint density at radius 3 is 3.04 bits per heavy atom. The fraction of sp³-hybridized carbons (Fsp3) is 0.611. The van der Waals surface area contributed by atoms with Gasteiger partial charge in [0.25, 0.3) is 0 Å². The second-order valence-corrected chi connectivity index (χ2v) is 6.80. The molecule has 1 aromatic rings. The number of aryl methyl sites for hydroxylation is 1. The van der Waals surface area contributed by atoms with Crippen LogP contribution in [0.5, 0.6) is 0 Å². The van der Waals surface area contributed by atoms with E-state index in [0.717, 1.165) is 25.2 Å². The molecule has 2 heterocycles. The number of nitrogens with one attached hydrogen (secondary N) is 1. The number of amides is 1. The van der Waals surface area contributed by atoms with E-state index in [2.05, 4.69) is 42.4 Å². The monoisotopic (exact) mass is 317 g/mol. The van der Waals surface area contributed by atoms with Gasteiger partial charge in [-0.05, 0) is 51.5 Å². The van der Waals surface area contributed by atoms with E-state index in [1.165, 1.54) is 11.1 Å². The molecule has 0 unspecified atom stereocenters. The van der Waals surface area contributed by atoms with Crippen molar-refractivity contribution in [2.45, 2.75) is 31.7 Å². The van der Waals surface area contributed by atoms with E-state index in [0.29, 0.717) is 25.4 Å². The minimum atomic E-state index is 0.144. The minimum Gasteiger partial charge on any atom is -0.396 e. The molecule has 5 heteroatoms. The number of aliphatic hydroxyl groups excluding tert-OH is 1. The number of fused-ring (bicyclic) bond motifs is 3. The van der Waals surface area contributed by atoms with Gasteiger partial charge in [-0.2, -0.15) is 0 Å². The first-order valence-corrected chi connectivity index (χ1v) is 8.54. The highest BCUT2D eigenvalue weighted by atomic mass is 16.3. The molecule has 126 valence electrons. The average molecular weight is 317 g/mol. The SMILES string of the molecule is Cc1ccc2c(c1)[C@@H]1CN(C)CC[C@@H]1N2C(=O)CNCCCO. The van der Waals surface area contributed by atoms with Crippen LogP contribution in [0, 0.1) is 6.92 Å². The number of hydrogen-bond acceptors (Lipinski definition) is 4. The van der Waals surface area contributed by atoms with Crippen LogP contribution < -0.4 is 10.2 Å². The van der Waals surface area contributed by atoms with Crippen LogP contribution in [0.2, 0.25) is 0 Å². The fourth-order valence-electron chi connectivity index (χ4n) is 3.89. The molecule has 0 aromatic heterocycles. The average Bonchev–Trinajstić information content (AvgIpc) is 2.84. The summed E-state index contributed by atoms with van der Waals surface area (Å²) >= 11 is 0. The van der Waals surface area contributed by atoms with Gasteiger partial charge in [-0.25, -0.2) is 0 Å². The molecule has 1 fully saturated rings.